The summed E-state index contributed by atoms with van der Waals surface area (Å²) in [6, 6.07) is 8.66. The minimum atomic E-state index is -0.325. The number of aryl methyl sites for hydroxylation is 1. The van der Waals surface area contributed by atoms with Crippen molar-refractivity contribution in [3.8, 4) is 0 Å². The number of anilines is 1. The molecule has 0 radical (unpaired) electrons. The van der Waals surface area contributed by atoms with Crippen molar-refractivity contribution in [2.75, 3.05) is 11.4 Å². The van der Waals surface area contributed by atoms with E-state index in [0.29, 0.717) is 0 Å². The molecule has 1 heterocycles. The van der Waals surface area contributed by atoms with Crippen LogP contribution in [-0.2, 0) is 6.42 Å². The molecule has 2 atom stereocenters. The number of fused-ring (bicyclic) bond motifs is 1. The standard InChI is InChI=1S/C16H25NO/c1-4-16(3,13(2)18)17-12-8-7-10-14-9-5-6-11-15(14)17/h5-6,9,11,13,18H,4,7-8,10,12H2,1-3H3. The summed E-state index contributed by atoms with van der Waals surface area (Å²) >= 11 is 0. The highest BCUT2D eigenvalue weighted by molar-refractivity contribution is 5.56. The molecule has 0 saturated heterocycles. The van der Waals surface area contributed by atoms with Gasteiger partial charge in [-0.2, -0.15) is 0 Å². The van der Waals surface area contributed by atoms with E-state index in [-0.39, 0.29) is 11.6 Å². The van der Waals surface area contributed by atoms with E-state index in [4.69, 9.17) is 0 Å². The molecule has 1 aromatic carbocycles. The molecule has 1 aliphatic heterocycles. The van der Waals surface area contributed by atoms with Crippen LogP contribution in [0.3, 0.4) is 0 Å². The first-order chi connectivity index (χ1) is 8.59. The highest BCUT2D eigenvalue weighted by Gasteiger charge is 2.36. The Bertz CT molecular complexity index is 402. The maximum Gasteiger partial charge on any atom is 0.0740 e. The maximum atomic E-state index is 10.2. The van der Waals surface area contributed by atoms with Crippen LogP contribution in [0, 0.1) is 0 Å². The molecule has 1 aromatic rings. The highest BCUT2D eigenvalue weighted by Crippen LogP contribution is 2.35. The third-order valence-corrected chi connectivity index (χ3v) is 4.59. The molecule has 0 bridgehead atoms. The Kier molecular flexibility index (Phi) is 3.96. The van der Waals surface area contributed by atoms with Gasteiger partial charge in [0.25, 0.3) is 0 Å². The first-order valence-corrected chi connectivity index (χ1v) is 7.13. The Hall–Kier alpha value is -1.02. The molecule has 1 N–H and O–H groups in total. The summed E-state index contributed by atoms with van der Waals surface area (Å²) in [6.45, 7) is 7.31. The summed E-state index contributed by atoms with van der Waals surface area (Å²) in [5.74, 6) is 0. The molecular formula is C16H25NO. The Morgan fingerprint density at radius 3 is 2.72 bits per heavy atom. The Balaban J connectivity index is 2.44. The van der Waals surface area contributed by atoms with E-state index in [1.165, 1.54) is 24.1 Å². The van der Waals surface area contributed by atoms with Gasteiger partial charge < -0.3 is 10.0 Å². The van der Waals surface area contributed by atoms with E-state index in [1.54, 1.807) is 0 Å². The van der Waals surface area contributed by atoms with Crippen LogP contribution in [-0.4, -0.2) is 23.3 Å². The van der Waals surface area contributed by atoms with E-state index in [1.807, 2.05) is 6.92 Å². The average Bonchev–Trinajstić information content (AvgIpc) is 2.60. The van der Waals surface area contributed by atoms with E-state index in [2.05, 4.69) is 43.0 Å². The molecule has 0 saturated carbocycles. The zero-order valence-corrected chi connectivity index (χ0v) is 11.8. The van der Waals surface area contributed by atoms with Gasteiger partial charge in [0.2, 0.25) is 0 Å². The predicted molar refractivity (Wildman–Crippen MR) is 77.1 cm³/mol. The molecule has 0 aromatic heterocycles. The van der Waals surface area contributed by atoms with Crippen molar-refractivity contribution in [2.45, 2.75) is 58.1 Å². The lowest BCUT2D eigenvalue weighted by atomic mass is 9.89. The molecule has 100 valence electrons. The first kappa shape index (κ1) is 13.4. The molecule has 2 unspecified atom stereocenters. The van der Waals surface area contributed by atoms with Gasteiger partial charge >= 0.3 is 0 Å². The largest absolute Gasteiger partial charge is 0.391 e. The molecule has 0 amide bonds. The average molecular weight is 247 g/mol. The van der Waals surface area contributed by atoms with E-state index < -0.39 is 0 Å². The number of rotatable bonds is 3. The molecule has 0 fully saturated rings. The molecule has 0 aliphatic carbocycles. The molecule has 2 rings (SSSR count). The van der Waals surface area contributed by atoms with Crippen molar-refractivity contribution in [3.63, 3.8) is 0 Å². The monoisotopic (exact) mass is 247 g/mol. The van der Waals surface area contributed by atoms with Crippen LogP contribution in [0.1, 0.15) is 45.6 Å². The number of aliphatic hydroxyl groups excluding tert-OH is 1. The van der Waals surface area contributed by atoms with Crippen LogP contribution >= 0.6 is 0 Å². The number of nitrogens with zero attached hydrogens (tertiary/aromatic N) is 1. The zero-order chi connectivity index (χ0) is 13.2. The fourth-order valence-corrected chi connectivity index (χ4v) is 2.93. The van der Waals surface area contributed by atoms with Gasteiger partial charge in [0, 0.05) is 12.2 Å². The van der Waals surface area contributed by atoms with Gasteiger partial charge in [-0.15, -0.1) is 0 Å². The lowest BCUT2D eigenvalue weighted by molar-refractivity contribution is 0.102. The van der Waals surface area contributed by atoms with Crippen molar-refractivity contribution < 1.29 is 5.11 Å². The number of benzene rings is 1. The smallest absolute Gasteiger partial charge is 0.0740 e. The van der Waals surface area contributed by atoms with Crippen molar-refractivity contribution in [1.29, 1.82) is 0 Å². The first-order valence-electron chi connectivity index (χ1n) is 7.13. The van der Waals surface area contributed by atoms with Crippen molar-refractivity contribution in [2.24, 2.45) is 0 Å². The third kappa shape index (κ3) is 2.26. The quantitative estimate of drug-likeness (QED) is 0.885. The van der Waals surface area contributed by atoms with Crippen molar-refractivity contribution in [1.82, 2.24) is 0 Å². The van der Waals surface area contributed by atoms with E-state index >= 15 is 0 Å². The SMILES string of the molecule is CCC(C)(C(C)O)N1CCCCc2ccccc21. The second-order valence-electron chi connectivity index (χ2n) is 5.62. The molecule has 1 aliphatic rings. The summed E-state index contributed by atoms with van der Waals surface area (Å²) in [7, 11) is 0. The fourth-order valence-electron chi connectivity index (χ4n) is 2.93. The number of hydrogen-bond donors (Lipinski definition) is 1. The lowest BCUT2D eigenvalue weighted by Gasteiger charge is -2.45. The van der Waals surface area contributed by atoms with Crippen LogP contribution in [0.5, 0.6) is 0 Å². The van der Waals surface area contributed by atoms with Gasteiger partial charge in [-0.05, 0) is 51.2 Å². The van der Waals surface area contributed by atoms with Gasteiger partial charge in [-0.3, -0.25) is 0 Å². The molecular weight excluding hydrogens is 222 g/mol. The lowest BCUT2D eigenvalue weighted by Crippen LogP contribution is -2.54. The maximum absolute atomic E-state index is 10.2. The topological polar surface area (TPSA) is 23.5 Å². The summed E-state index contributed by atoms with van der Waals surface area (Å²) in [5.41, 5.74) is 2.58. The fraction of sp³-hybridized carbons (Fsp3) is 0.625. The molecule has 18 heavy (non-hydrogen) atoms. The van der Waals surface area contributed by atoms with Crippen molar-refractivity contribution >= 4 is 5.69 Å². The van der Waals surface area contributed by atoms with Crippen LogP contribution < -0.4 is 4.90 Å². The zero-order valence-electron chi connectivity index (χ0n) is 11.8. The molecule has 2 heteroatoms. The van der Waals surface area contributed by atoms with Crippen LogP contribution in [0.15, 0.2) is 24.3 Å². The minimum absolute atomic E-state index is 0.166. The predicted octanol–water partition coefficient (Wildman–Crippen LogP) is 3.38. The highest BCUT2D eigenvalue weighted by atomic mass is 16.3. The Morgan fingerprint density at radius 2 is 2.06 bits per heavy atom. The number of hydrogen-bond acceptors (Lipinski definition) is 2. The summed E-state index contributed by atoms with van der Waals surface area (Å²) in [4.78, 5) is 2.43. The molecule has 0 spiro atoms. The van der Waals surface area contributed by atoms with Gasteiger partial charge in [0.05, 0.1) is 11.6 Å². The normalized spacial score (nSPS) is 20.8. The number of aliphatic hydroxyl groups is 1. The van der Waals surface area contributed by atoms with Gasteiger partial charge in [-0.1, -0.05) is 25.1 Å². The third-order valence-electron chi connectivity index (χ3n) is 4.59. The van der Waals surface area contributed by atoms with Crippen LogP contribution in [0.25, 0.3) is 0 Å². The van der Waals surface area contributed by atoms with Gasteiger partial charge in [-0.25, -0.2) is 0 Å². The van der Waals surface area contributed by atoms with E-state index in [0.717, 1.165) is 19.4 Å². The molecule has 2 nitrogen and oxygen atoms in total. The van der Waals surface area contributed by atoms with Crippen LogP contribution in [0.4, 0.5) is 5.69 Å². The van der Waals surface area contributed by atoms with Crippen molar-refractivity contribution in [3.05, 3.63) is 29.8 Å². The summed E-state index contributed by atoms with van der Waals surface area (Å²) in [6.07, 6.45) is 4.24. The second kappa shape index (κ2) is 5.31. The van der Waals surface area contributed by atoms with Crippen LogP contribution in [0.2, 0.25) is 0 Å². The second-order valence-corrected chi connectivity index (χ2v) is 5.62. The Labute approximate surface area is 111 Å². The minimum Gasteiger partial charge on any atom is -0.391 e. The summed E-state index contributed by atoms with van der Waals surface area (Å²) in [5, 5.41) is 10.2. The number of para-hydroxylation sites is 1. The van der Waals surface area contributed by atoms with Gasteiger partial charge in [0.1, 0.15) is 0 Å². The van der Waals surface area contributed by atoms with E-state index in [9.17, 15) is 5.11 Å². The Morgan fingerprint density at radius 1 is 1.33 bits per heavy atom. The van der Waals surface area contributed by atoms with Gasteiger partial charge in [0.15, 0.2) is 0 Å². The summed E-state index contributed by atoms with van der Waals surface area (Å²) < 4.78 is 0.